The number of nitrogens with one attached hydrogen (secondary N) is 1. The minimum atomic E-state index is -0.108. The van der Waals surface area contributed by atoms with E-state index in [2.05, 4.69) is 72.0 Å². The zero-order valence-electron chi connectivity index (χ0n) is 14.8. The Balaban J connectivity index is 1.59. The molecular weight excluding hydrogens is 300 g/mol. The van der Waals surface area contributed by atoms with Crippen LogP contribution >= 0.6 is 0 Å². The molecule has 1 N–H and O–H groups in total. The van der Waals surface area contributed by atoms with Gasteiger partial charge in [0.2, 0.25) is 5.89 Å². The maximum Gasteiger partial charge on any atom is 0.232 e. The molecule has 1 aliphatic rings. The number of benzene rings is 1. The third-order valence-corrected chi connectivity index (χ3v) is 4.92. The molecule has 0 fully saturated rings. The zero-order chi connectivity index (χ0) is 16.9. The summed E-state index contributed by atoms with van der Waals surface area (Å²) in [7, 11) is 0. The maximum absolute atomic E-state index is 5.43. The summed E-state index contributed by atoms with van der Waals surface area (Å²) >= 11 is 0. The summed E-state index contributed by atoms with van der Waals surface area (Å²) in [5, 5.41) is 5.53. The first kappa shape index (κ1) is 15.4. The van der Waals surface area contributed by atoms with Gasteiger partial charge in [-0.1, -0.05) is 44.1 Å². The highest BCUT2D eigenvalue weighted by Gasteiger charge is 2.29. The number of nitrogens with zero attached hydrogens (tertiary/aromatic N) is 3. The molecule has 4 rings (SSSR count). The van der Waals surface area contributed by atoms with Crippen LogP contribution in [0.3, 0.4) is 0 Å². The molecule has 0 saturated heterocycles. The van der Waals surface area contributed by atoms with E-state index in [-0.39, 0.29) is 5.41 Å². The zero-order valence-corrected chi connectivity index (χ0v) is 14.8. The molecule has 5 nitrogen and oxygen atoms in total. The van der Waals surface area contributed by atoms with Gasteiger partial charge in [-0.15, -0.1) is 0 Å². The molecule has 0 aliphatic carbocycles. The molecule has 0 amide bonds. The van der Waals surface area contributed by atoms with Gasteiger partial charge >= 0.3 is 0 Å². The van der Waals surface area contributed by atoms with Crippen molar-refractivity contribution >= 4 is 10.9 Å². The third-order valence-electron chi connectivity index (χ3n) is 4.92. The van der Waals surface area contributed by atoms with Gasteiger partial charge in [0.25, 0.3) is 0 Å². The van der Waals surface area contributed by atoms with Crippen LogP contribution in [0.25, 0.3) is 10.9 Å². The number of rotatable bonds is 2. The van der Waals surface area contributed by atoms with Crippen LogP contribution in [-0.2, 0) is 18.4 Å². The molecule has 0 radical (unpaired) electrons. The van der Waals surface area contributed by atoms with Crippen LogP contribution in [-0.4, -0.2) is 26.6 Å². The Bertz CT molecular complexity index is 871. The van der Waals surface area contributed by atoms with E-state index in [4.69, 9.17) is 4.52 Å². The van der Waals surface area contributed by atoms with Gasteiger partial charge in [0.15, 0.2) is 5.82 Å². The highest BCUT2D eigenvalue weighted by atomic mass is 16.5. The first-order valence-electron chi connectivity index (χ1n) is 8.60. The Morgan fingerprint density at radius 3 is 2.83 bits per heavy atom. The molecule has 126 valence electrons. The minimum Gasteiger partial charge on any atom is -0.357 e. The van der Waals surface area contributed by atoms with Crippen molar-refractivity contribution in [3.63, 3.8) is 0 Å². The monoisotopic (exact) mass is 324 g/mol. The Morgan fingerprint density at radius 2 is 2.08 bits per heavy atom. The number of H-pyrrole nitrogens is 1. The molecule has 1 aliphatic heterocycles. The second kappa shape index (κ2) is 5.45. The number of aromatic nitrogens is 3. The quantitative estimate of drug-likeness (QED) is 0.775. The molecule has 1 atom stereocenters. The second-order valence-corrected chi connectivity index (χ2v) is 7.73. The second-order valence-electron chi connectivity index (χ2n) is 7.73. The fourth-order valence-electron chi connectivity index (χ4n) is 3.50. The lowest BCUT2D eigenvalue weighted by molar-refractivity contribution is 0.180. The molecule has 0 saturated carbocycles. The first-order chi connectivity index (χ1) is 11.4. The highest BCUT2D eigenvalue weighted by Crippen LogP contribution is 2.34. The molecule has 2 aromatic heterocycles. The summed E-state index contributed by atoms with van der Waals surface area (Å²) in [5.41, 5.74) is 3.90. The van der Waals surface area contributed by atoms with Gasteiger partial charge < -0.3 is 9.51 Å². The molecule has 3 aromatic rings. The lowest BCUT2D eigenvalue weighted by Crippen LogP contribution is -2.33. The van der Waals surface area contributed by atoms with Crippen LogP contribution in [0, 0.1) is 0 Å². The SMILES string of the molecule is CC1c2[nH]c3ccccc3c2CCN1Cc1noc(C(C)(C)C)n1. The molecule has 0 spiro atoms. The van der Waals surface area contributed by atoms with Crippen molar-refractivity contribution in [1.29, 1.82) is 0 Å². The summed E-state index contributed by atoms with van der Waals surface area (Å²) in [6.07, 6.45) is 1.05. The summed E-state index contributed by atoms with van der Waals surface area (Å²) in [5.74, 6) is 1.47. The highest BCUT2D eigenvalue weighted by molar-refractivity contribution is 5.85. The molecule has 24 heavy (non-hydrogen) atoms. The summed E-state index contributed by atoms with van der Waals surface area (Å²) in [6, 6.07) is 8.88. The van der Waals surface area contributed by atoms with Crippen LogP contribution < -0.4 is 0 Å². The molecule has 1 unspecified atom stereocenters. The number of para-hydroxylation sites is 1. The van der Waals surface area contributed by atoms with Gasteiger partial charge in [-0.05, 0) is 25.0 Å². The predicted octanol–water partition coefficient (Wildman–Crippen LogP) is 3.97. The van der Waals surface area contributed by atoms with Crippen molar-refractivity contribution < 1.29 is 4.52 Å². The van der Waals surface area contributed by atoms with Crippen molar-refractivity contribution in [2.45, 2.75) is 52.1 Å². The van der Waals surface area contributed by atoms with Crippen LogP contribution in [0.4, 0.5) is 0 Å². The summed E-state index contributed by atoms with van der Waals surface area (Å²) in [4.78, 5) is 10.6. The predicted molar refractivity (Wildman–Crippen MR) is 93.8 cm³/mol. The van der Waals surface area contributed by atoms with E-state index in [0.29, 0.717) is 11.9 Å². The minimum absolute atomic E-state index is 0.108. The van der Waals surface area contributed by atoms with E-state index in [9.17, 15) is 0 Å². The van der Waals surface area contributed by atoms with Crippen molar-refractivity contribution in [2.75, 3.05) is 6.54 Å². The van der Waals surface area contributed by atoms with Crippen LogP contribution in [0.2, 0.25) is 0 Å². The first-order valence-corrected chi connectivity index (χ1v) is 8.60. The van der Waals surface area contributed by atoms with Gasteiger partial charge in [0.1, 0.15) is 0 Å². The van der Waals surface area contributed by atoms with E-state index in [1.54, 1.807) is 0 Å². The molecule has 3 heterocycles. The van der Waals surface area contributed by atoms with Crippen LogP contribution in [0.5, 0.6) is 0 Å². The molecular formula is C19H24N4O. The summed E-state index contributed by atoms with van der Waals surface area (Å²) < 4.78 is 5.43. The number of hydrogen-bond donors (Lipinski definition) is 1. The van der Waals surface area contributed by atoms with Gasteiger partial charge in [0, 0.05) is 34.6 Å². The Kier molecular flexibility index (Phi) is 3.49. The van der Waals surface area contributed by atoms with Gasteiger partial charge in [0.05, 0.1) is 6.54 Å². The third kappa shape index (κ3) is 2.53. The Hall–Kier alpha value is -2.14. The van der Waals surface area contributed by atoms with Crippen molar-refractivity contribution in [3.05, 3.63) is 47.2 Å². The molecule has 1 aromatic carbocycles. The number of hydrogen-bond acceptors (Lipinski definition) is 4. The van der Waals surface area contributed by atoms with Crippen molar-refractivity contribution in [2.24, 2.45) is 0 Å². The average Bonchev–Trinajstić information content (AvgIpc) is 3.15. The van der Waals surface area contributed by atoms with Gasteiger partial charge in [-0.2, -0.15) is 4.98 Å². The lowest BCUT2D eigenvalue weighted by atomic mass is 9.97. The van der Waals surface area contributed by atoms with E-state index in [0.717, 1.165) is 25.3 Å². The largest absolute Gasteiger partial charge is 0.357 e. The maximum atomic E-state index is 5.43. The Morgan fingerprint density at radius 1 is 1.29 bits per heavy atom. The fraction of sp³-hybridized carbons (Fsp3) is 0.474. The smallest absolute Gasteiger partial charge is 0.232 e. The molecule has 5 heteroatoms. The number of aromatic amines is 1. The standard InChI is InChI=1S/C19H24N4O/c1-12-17-14(13-7-5-6-8-15(13)20-17)9-10-23(12)11-16-21-18(24-22-16)19(2,3)4/h5-8,12,20H,9-11H2,1-4H3. The topological polar surface area (TPSA) is 58.0 Å². The van der Waals surface area contributed by atoms with Crippen LogP contribution in [0.1, 0.15) is 56.7 Å². The number of fused-ring (bicyclic) bond motifs is 3. The van der Waals surface area contributed by atoms with E-state index in [1.807, 2.05) is 0 Å². The van der Waals surface area contributed by atoms with Crippen molar-refractivity contribution in [3.8, 4) is 0 Å². The molecule has 0 bridgehead atoms. The Labute approximate surface area is 142 Å². The van der Waals surface area contributed by atoms with E-state index < -0.39 is 0 Å². The van der Waals surface area contributed by atoms with Gasteiger partial charge in [-0.25, -0.2) is 0 Å². The van der Waals surface area contributed by atoms with Crippen LogP contribution in [0.15, 0.2) is 28.8 Å². The lowest BCUT2D eigenvalue weighted by Gasteiger charge is -2.32. The summed E-state index contributed by atoms with van der Waals surface area (Å²) in [6.45, 7) is 10.2. The van der Waals surface area contributed by atoms with Crippen molar-refractivity contribution in [1.82, 2.24) is 20.0 Å². The average molecular weight is 324 g/mol. The normalized spacial score (nSPS) is 18.9. The van der Waals surface area contributed by atoms with E-state index >= 15 is 0 Å². The fourth-order valence-corrected chi connectivity index (χ4v) is 3.50. The van der Waals surface area contributed by atoms with E-state index in [1.165, 1.54) is 22.2 Å². The van der Waals surface area contributed by atoms with Gasteiger partial charge in [-0.3, -0.25) is 4.90 Å².